The first-order valence-corrected chi connectivity index (χ1v) is 8.45. The lowest BCUT2D eigenvalue weighted by Crippen LogP contribution is -2.19. The van der Waals surface area contributed by atoms with Crippen LogP contribution in [0.2, 0.25) is 10.0 Å². The molecular formula is C17H17Cl2N3O2. The number of pyridine rings is 1. The summed E-state index contributed by atoms with van der Waals surface area (Å²) in [4.78, 5) is 16.5. The lowest BCUT2D eigenvalue weighted by atomic mass is 10.2. The Morgan fingerprint density at radius 2 is 2.12 bits per heavy atom. The van der Waals surface area contributed by atoms with Crippen molar-refractivity contribution in [2.75, 3.05) is 23.8 Å². The minimum atomic E-state index is -0.258. The zero-order valence-electron chi connectivity index (χ0n) is 12.9. The Kier molecular flexibility index (Phi) is 5.56. The third-order valence-corrected chi connectivity index (χ3v) is 4.48. The fourth-order valence-corrected chi connectivity index (χ4v) is 2.73. The Morgan fingerprint density at radius 1 is 1.25 bits per heavy atom. The van der Waals surface area contributed by atoms with Gasteiger partial charge in [-0.3, -0.25) is 4.79 Å². The molecule has 1 amide bonds. The molecule has 2 aromatic rings. The van der Waals surface area contributed by atoms with Gasteiger partial charge in [-0.15, -0.1) is 0 Å². The summed E-state index contributed by atoms with van der Waals surface area (Å²) in [6, 6.07) is 8.43. The molecule has 24 heavy (non-hydrogen) atoms. The van der Waals surface area contributed by atoms with Crippen molar-refractivity contribution in [3.8, 4) is 0 Å². The maximum absolute atomic E-state index is 12.2. The van der Waals surface area contributed by atoms with Crippen LogP contribution in [0.5, 0.6) is 0 Å². The third kappa shape index (κ3) is 4.38. The first-order chi connectivity index (χ1) is 11.6. The number of nitrogens with one attached hydrogen (secondary N) is 2. The lowest BCUT2D eigenvalue weighted by molar-refractivity contribution is 0.102. The van der Waals surface area contributed by atoms with Crippen molar-refractivity contribution in [3.05, 3.63) is 52.1 Å². The molecule has 1 aromatic carbocycles. The summed E-state index contributed by atoms with van der Waals surface area (Å²) in [6.45, 7) is 1.55. The first kappa shape index (κ1) is 17.0. The van der Waals surface area contributed by atoms with E-state index < -0.39 is 0 Å². The first-order valence-electron chi connectivity index (χ1n) is 7.70. The highest BCUT2D eigenvalue weighted by molar-refractivity contribution is 6.42. The molecule has 0 radical (unpaired) electrons. The van der Waals surface area contributed by atoms with E-state index in [4.69, 9.17) is 27.9 Å². The maximum Gasteiger partial charge on any atom is 0.257 e. The predicted molar refractivity (Wildman–Crippen MR) is 96.1 cm³/mol. The monoisotopic (exact) mass is 365 g/mol. The molecule has 1 aliphatic rings. The van der Waals surface area contributed by atoms with Crippen LogP contribution in [0.3, 0.4) is 0 Å². The van der Waals surface area contributed by atoms with E-state index >= 15 is 0 Å². The van der Waals surface area contributed by atoms with Crippen molar-refractivity contribution in [1.82, 2.24) is 4.98 Å². The molecule has 1 atom stereocenters. The Morgan fingerprint density at radius 3 is 2.79 bits per heavy atom. The van der Waals surface area contributed by atoms with Gasteiger partial charge in [0.25, 0.3) is 5.91 Å². The Hall–Kier alpha value is -1.82. The van der Waals surface area contributed by atoms with Crippen LogP contribution in [0.4, 0.5) is 11.5 Å². The van der Waals surface area contributed by atoms with Crippen LogP contribution < -0.4 is 10.6 Å². The molecule has 0 spiro atoms. The highest BCUT2D eigenvalue weighted by Crippen LogP contribution is 2.25. The van der Waals surface area contributed by atoms with Crippen molar-refractivity contribution in [1.29, 1.82) is 0 Å². The number of ether oxygens (including phenoxy) is 1. The molecule has 1 aromatic heterocycles. The van der Waals surface area contributed by atoms with Gasteiger partial charge in [-0.1, -0.05) is 23.2 Å². The van der Waals surface area contributed by atoms with Gasteiger partial charge in [0.15, 0.2) is 0 Å². The number of anilines is 2. The molecule has 1 fully saturated rings. The molecule has 0 aliphatic carbocycles. The lowest BCUT2D eigenvalue weighted by Gasteiger charge is -2.11. The van der Waals surface area contributed by atoms with E-state index in [0.717, 1.165) is 31.8 Å². The average Bonchev–Trinajstić information content (AvgIpc) is 3.10. The molecule has 7 heteroatoms. The van der Waals surface area contributed by atoms with Crippen LogP contribution in [0.1, 0.15) is 23.2 Å². The van der Waals surface area contributed by atoms with Gasteiger partial charge in [0.1, 0.15) is 5.82 Å². The zero-order valence-corrected chi connectivity index (χ0v) is 14.4. The summed E-state index contributed by atoms with van der Waals surface area (Å²) < 4.78 is 5.55. The summed E-state index contributed by atoms with van der Waals surface area (Å²) in [5.41, 5.74) is 1.04. The van der Waals surface area contributed by atoms with Crippen molar-refractivity contribution in [3.63, 3.8) is 0 Å². The second kappa shape index (κ2) is 7.83. The molecule has 126 valence electrons. The highest BCUT2D eigenvalue weighted by Gasteiger charge is 2.15. The fraction of sp³-hybridized carbons (Fsp3) is 0.294. The van der Waals surface area contributed by atoms with E-state index in [-0.39, 0.29) is 12.0 Å². The third-order valence-electron chi connectivity index (χ3n) is 3.74. The number of amides is 1. The van der Waals surface area contributed by atoms with Crippen molar-refractivity contribution < 1.29 is 9.53 Å². The van der Waals surface area contributed by atoms with E-state index in [0.29, 0.717) is 21.3 Å². The fourth-order valence-electron chi connectivity index (χ4n) is 2.43. The Labute approximate surface area is 150 Å². The molecule has 3 rings (SSSR count). The van der Waals surface area contributed by atoms with Gasteiger partial charge in [0.2, 0.25) is 0 Å². The van der Waals surface area contributed by atoms with Gasteiger partial charge < -0.3 is 15.4 Å². The number of halogens is 2. The molecule has 1 saturated heterocycles. The summed E-state index contributed by atoms with van der Waals surface area (Å²) in [6.07, 6.45) is 3.94. The number of carbonyl (C=O) groups excluding carboxylic acids is 1. The van der Waals surface area contributed by atoms with Crippen molar-refractivity contribution in [2.45, 2.75) is 18.9 Å². The zero-order chi connectivity index (χ0) is 16.9. The average molecular weight is 366 g/mol. The molecule has 2 N–H and O–H groups in total. The van der Waals surface area contributed by atoms with E-state index in [9.17, 15) is 4.79 Å². The molecule has 5 nitrogen and oxygen atoms in total. The molecular weight excluding hydrogens is 349 g/mol. The highest BCUT2D eigenvalue weighted by atomic mass is 35.5. The van der Waals surface area contributed by atoms with E-state index in [1.54, 1.807) is 30.3 Å². The SMILES string of the molecule is O=C(Nc1ccc(Cl)c(Cl)c1)c1ccc(NCC2CCCO2)nc1. The van der Waals surface area contributed by atoms with Gasteiger partial charge in [-0.25, -0.2) is 4.98 Å². The minimum absolute atomic E-state index is 0.240. The predicted octanol–water partition coefficient (Wildman–Crippen LogP) is 4.23. The van der Waals surface area contributed by atoms with E-state index in [1.807, 2.05) is 0 Å². The summed E-state index contributed by atoms with van der Waals surface area (Å²) >= 11 is 11.8. The van der Waals surface area contributed by atoms with Crippen LogP contribution >= 0.6 is 23.2 Å². The Balaban J connectivity index is 1.57. The van der Waals surface area contributed by atoms with Crippen molar-refractivity contribution >= 4 is 40.6 Å². The van der Waals surface area contributed by atoms with E-state index in [2.05, 4.69) is 15.6 Å². The topological polar surface area (TPSA) is 63.2 Å². The second-order valence-electron chi connectivity index (χ2n) is 5.53. The normalized spacial score (nSPS) is 16.8. The number of hydrogen-bond donors (Lipinski definition) is 2. The standard InChI is InChI=1S/C17H17Cl2N3O2/c18-14-5-4-12(8-15(14)19)22-17(23)11-3-6-16(20-9-11)21-10-13-2-1-7-24-13/h3-6,8-9,13H,1-2,7,10H2,(H,20,21)(H,22,23). The van der Waals surface area contributed by atoms with Crippen LogP contribution in [0, 0.1) is 0 Å². The number of benzene rings is 1. The second-order valence-corrected chi connectivity index (χ2v) is 6.35. The van der Waals surface area contributed by atoms with Gasteiger partial charge in [0.05, 0.1) is 21.7 Å². The minimum Gasteiger partial charge on any atom is -0.376 e. The maximum atomic E-state index is 12.2. The Bertz CT molecular complexity index is 716. The number of rotatable bonds is 5. The number of hydrogen-bond acceptors (Lipinski definition) is 4. The molecule has 0 bridgehead atoms. The van der Waals surface area contributed by atoms with Gasteiger partial charge in [-0.2, -0.15) is 0 Å². The van der Waals surface area contributed by atoms with Gasteiger partial charge in [-0.05, 0) is 43.2 Å². The molecule has 0 saturated carbocycles. The quantitative estimate of drug-likeness (QED) is 0.831. The smallest absolute Gasteiger partial charge is 0.257 e. The summed E-state index contributed by atoms with van der Waals surface area (Å²) in [7, 11) is 0. The number of carbonyl (C=O) groups is 1. The number of aromatic nitrogens is 1. The summed E-state index contributed by atoms with van der Waals surface area (Å²) in [5, 5.41) is 6.81. The largest absolute Gasteiger partial charge is 0.376 e. The molecule has 1 unspecified atom stereocenters. The molecule has 2 heterocycles. The summed E-state index contributed by atoms with van der Waals surface area (Å²) in [5.74, 6) is 0.461. The van der Waals surface area contributed by atoms with Gasteiger partial charge >= 0.3 is 0 Å². The number of nitrogens with zero attached hydrogens (tertiary/aromatic N) is 1. The van der Waals surface area contributed by atoms with Crippen LogP contribution in [0.15, 0.2) is 36.5 Å². The van der Waals surface area contributed by atoms with Crippen LogP contribution in [0.25, 0.3) is 0 Å². The van der Waals surface area contributed by atoms with Crippen molar-refractivity contribution in [2.24, 2.45) is 0 Å². The van der Waals surface area contributed by atoms with Crippen LogP contribution in [-0.4, -0.2) is 30.1 Å². The van der Waals surface area contributed by atoms with Gasteiger partial charge in [0, 0.05) is 25.0 Å². The molecule has 1 aliphatic heterocycles. The van der Waals surface area contributed by atoms with Crippen LogP contribution in [-0.2, 0) is 4.74 Å². The van der Waals surface area contributed by atoms with E-state index in [1.165, 1.54) is 6.20 Å².